The van der Waals surface area contributed by atoms with Crippen molar-refractivity contribution in [1.29, 1.82) is 0 Å². The van der Waals surface area contributed by atoms with Crippen molar-refractivity contribution >= 4 is 33.4 Å². The highest BCUT2D eigenvalue weighted by Crippen LogP contribution is 2.45. The van der Waals surface area contributed by atoms with E-state index in [1.54, 1.807) is 29.2 Å². The standard InChI is InChI=1S/C19H17BrN2O3/c1-11(2)10-22-15-8-7-12(20)9-14(15)19(18(22)24)21-17(23)13-5-3-4-6-16(13)25-19/h3-9,11H,10H2,1-2H3,(H,21,23). The summed E-state index contributed by atoms with van der Waals surface area (Å²) in [6.07, 6.45) is 0. The number of anilines is 1. The SMILES string of the molecule is CC(C)CN1C(=O)C2(NC(=O)c3ccccc3O2)c2cc(Br)ccc21. The van der Waals surface area contributed by atoms with Crippen molar-refractivity contribution in [2.75, 3.05) is 11.4 Å². The van der Waals surface area contributed by atoms with Crippen LogP contribution in [0.1, 0.15) is 29.8 Å². The van der Waals surface area contributed by atoms with E-state index in [1.807, 2.05) is 32.0 Å². The van der Waals surface area contributed by atoms with Crippen molar-refractivity contribution < 1.29 is 14.3 Å². The summed E-state index contributed by atoms with van der Waals surface area (Å²) in [5.41, 5.74) is 0.330. The second-order valence-electron chi connectivity index (χ2n) is 6.70. The second-order valence-corrected chi connectivity index (χ2v) is 7.62. The van der Waals surface area contributed by atoms with E-state index in [2.05, 4.69) is 21.2 Å². The van der Waals surface area contributed by atoms with Crippen LogP contribution in [0.5, 0.6) is 5.75 Å². The molecule has 2 aromatic carbocycles. The first-order valence-corrected chi connectivity index (χ1v) is 8.94. The van der Waals surface area contributed by atoms with E-state index in [4.69, 9.17) is 4.74 Å². The molecule has 1 unspecified atom stereocenters. The van der Waals surface area contributed by atoms with Gasteiger partial charge in [-0.05, 0) is 36.2 Å². The second kappa shape index (κ2) is 5.59. The number of carbonyl (C=O) groups is 2. The third-order valence-electron chi connectivity index (χ3n) is 4.41. The Kier molecular flexibility index (Phi) is 3.61. The van der Waals surface area contributed by atoms with Crippen LogP contribution in [-0.4, -0.2) is 18.4 Å². The lowest BCUT2D eigenvalue weighted by Gasteiger charge is -2.35. The molecule has 2 aliphatic rings. The van der Waals surface area contributed by atoms with Gasteiger partial charge in [0.15, 0.2) is 0 Å². The van der Waals surface area contributed by atoms with Gasteiger partial charge < -0.3 is 15.0 Å². The highest BCUT2D eigenvalue weighted by molar-refractivity contribution is 9.10. The molecule has 4 rings (SSSR count). The maximum atomic E-state index is 13.3. The molecule has 2 amide bonds. The van der Waals surface area contributed by atoms with Gasteiger partial charge >= 0.3 is 0 Å². The van der Waals surface area contributed by atoms with Gasteiger partial charge in [0.2, 0.25) is 0 Å². The summed E-state index contributed by atoms with van der Waals surface area (Å²) in [7, 11) is 0. The summed E-state index contributed by atoms with van der Waals surface area (Å²) in [6, 6.07) is 12.6. The summed E-state index contributed by atoms with van der Waals surface area (Å²) in [4.78, 5) is 27.6. The molecule has 2 heterocycles. The Morgan fingerprint density at radius 2 is 1.96 bits per heavy atom. The van der Waals surface area contributed by atoms with Gasteiger partial charge in [0.1, 0.15) is 5.75 Å². The molecule has 0 bridgehead atoms. The number of carbonyl (C=O) groups excluding carboxylic acids is 2. The Hall–Kier alpha value is -2.34. The zero-order valence-electron chi connectivity index (χ0n) is 13.9. The first-order valence-electron chi connectivity index (χ1n) is 8.15. The molecular formula is C19H17BrN2O3. The van der Waals surface area contributed by atoms with E-state index in [0.29, 0.717) is 23.4 Å². The summed E-state index contributed by atoms with van der Waals surface area (Å²) >= 11 is 3.45. The number of benzene rings is 2. The fourth-order valence-corrected chi connectivity index (χ4v) is 3.73. The normalized spacial score (nSPS) is 21.2. The number of nitrogens with zero attached hydrogens (tertiary/aromatic N) is 1. The van der Waals surface area contributed by atoms with Crippen LogP contribution in [-0.2, 0) is 10.5 Å². The van der Waals surface area contributed by atoms with Crippen LogP contribution in [0, 0.1) is 5.92 Å². The van der Waals surface area contributed by atoms with Gasteiger partial charge in [-0.25, -0.2) is 0 Å². The van der Waals surface area contributed by atoms with E-state index in [0.717, 1.165) is 10.2 Å². The molecule has 0 saturated heterocycles. The number of hydrogen-bond donors (Lipinski definition) is 1. The van der Waals surface area contributed by atoms with E-state index >= 15 is 0 Å². The largest absolute Gasteiger partial charge is 0.453 e. The van der Waals surface area contributed by atoms with Gasteiger partial charge in [0.05, 0.1) is 16.8 Å². The van der Waals surface area contributed by atoms with Crippen LogP contribution in [0.3, 0.4) is 0 Å². The van der Waals surface area contributed by atoms with Gasteiger partial charge in [-0.15, -0.1) is 0 Å². The van der Waals surface area contributed by atoms with E-state index in [1.165, 1.54) is 0 Å². The smallest absolute Gasteiger partial charge is 0.298 e. The minimum atomic E-state index is -1.51. The van der Waals surface area contributed by atoms with Crippen molar-refractivity contribution in [3.63, 3.8) is 0 Å². The number of amides is 2. The lowest BCUT2D eigenvalue weighted by atomic mass is 10.0. The predicted molar refractivity (Wildman–Crippen MR) is 97.5 cm³/mol. The predicted octanol–water partition coefficient (Wildman–Crippen LogP) is 3.43. The van der Waals surface area contributed by atoms with Crippen molar-refractivity contribution in [3.8, 4) is 5.75 Å². The van der Waals surface area contributed by atoms with Crippen LogP contribution >= 0.6 is 15.9 Å². The zero-order valence-corrected chi connectivity index (χ0v) is 15.5. The molecule has 6 heteroatoms. The molecule has 2 aromatic rings. The first-order chi connectivity index (χ1) is 11.9. The van der Waals surface area contributed by atoms with Crippen molar-refractivity contribution in [1.82, 2.24) is 5.32 Å². The molecule has 1 atom stereocenters. The Balaban J connectivity index is 1.89. The number of halogens is 1. The topological polar surface area (TPSA) is 58.6 Å². The molecule has 25 heavy (non-hydrogen) atoms. The molecule has 128 valence electrons. The van der Waals surface area contributed by atoms with Gasteiger partial charge in [-0.2, -0.15) is 0 Å². The third kappa shape index (κ3) is 2.35. The molecule has 1 spiro atoms. The Labute approximate surface area is 154 Å². The summed E-state index contributed by atoms with van der Waals surface area (Å²) < 4.78 is 6.93. The highest BCUT2D eigenvalue weighted by Gasteiger charge is 2.57. The summed E-state index contributed by atoms with van der Waals surface area (Å²) in [6.45, 7) is 4.65. The first kappa shape index (κ1) is 16.1. The lowest BCUT2D eigenvalue weighted by molar-refractivity contribution is -0.136. The quantitative estimate of drug-likeness (QED) is 0.839. The average Bonchev–Trinajstić information content (AvgIpc) is 2.77. The Bertz CT molecular complexity index is 896. The summed E-state index contributed by atoms with van der Waals surface area (Å²) in [5, 5.41) is 2.81. The maximum Gasteiger partial charge on any atom is 0.298 e. The van der Waals surface area contributed by atoms with E-state index < -0.39 is 5.72 Å². The molecular weight excluding hydrogens is 384 g/mol. The maximum absolute atomic E-state index is 13.3. The minimum Gasteiger partial charge on any atom is -0.453 e. The molecule has 0 saturated carbocycles. The Morgan fingerprint density at radius 3 is 2.72 bits per heavy atom. The van der Waals surface area contributed by atoms with Gasteiger partial charge in [0.25, 0.3) is 17.5 Å². The number of nitrogens with one attached hydrogen (secondary N) is 1. The number of fused-ring (bicyclic) bond motifs is 3. The van der Waals surface area contributed by atoms with E-state index in [9.17, 15) is 9.59 Å². The molecule has 1 N–H and O–H groups in total. The molecule has 0 radical (unpaired) electrons. The van der Waals surface area contributed by atoms with Crippen LogP contribution in [0.4, 0.5) is 5.69 Å². The fourth-order valence-electron chi connectivity index (χ4n) is 3.37. The minimum absolute atomic E-state index is 0.267. The molecule has 0 aromatic heterocycles. The zero-order chi connectivity index (χ0) is 17.8. The third-order valence-corrected chi connectivity index (χ3v) is 4.90. The average molecular weight is 401 g/mol. The molecule has 5 nitrogen and oxygen atoms in total. The van der Waals surface area contributed by atoms with Crippen molar-refractivity contribution in [2.24, 2.45) is 5.92 Å². The number of para-hydroxylation sites is 1. The van der Waals surface area contributed by atoms with Gasteiger partial charge in [0, 0.05) is 11.0 Å². The number of ether oxygens (including phenoxy) is 1. The van der Waals surface area contributed by atoms with Crippen LogP contribution in [0.2, 0.25) is 0 Å². The lowest BCUT2D eigenvalue weighted by Crippen LogP contribution is -2.59. The van der Waals surface area contributed by atoms with Gasteiger partial charge in [-0.3, -0.25) is 9.59 Å². The van der Waals surface area contributed by atoms with Crippen LogP contribution < -0.4 is 15.0 Å². The molecule has 2 aliphatic heterocycles. The highest BCUT2D eigenvalue weighted by atomic mass is 79.9. The van der Waals surface area contributed by atoms with Crippen LogP contribution in [0.15, 0.2) is 46.9 Å². The van der Waals surface area contributed by atoms with Crippen molar-refractivity contribution in [3.05, 3.63) is 58.1 Å². The van der Waals surface area contributed by atoms with Crippen LogP contribution in [0.25, 0.3) is 0 Å². The molecule has 0 aliphatic carbocycles. The monoisotopic (exact) mass is 400 g/mol. The van der Waals surface area contributed by atoms with E-state index in [-0.39, 0.29) is 17.7 Å². The summed E-state index contributed by atoms with van der Waals surface area (Å²) in [5.74, 6) is 0.115. The number of rotatable bonds is 2. The Morgan fingerprint density at radius 1 is 1.20 bits per heavy atom. The molecule has 0 fully saturated rings. The fraction of sp³-hybridized carbons (Fsp3) is 0.263. The van der Waals surface area contributed by atoms with Gasteiger partial charge in [-0.1, -0.05) is 41.9 Å². The van der Waals surface area contributed by atoms with Crippen molar-refractivity contribution in [2.45, 2.75) is 19.6 Å². The number of hydrogen-bond acceptors (Lipinski definition) is 3.